The van der Waals surface area contributed by atoms with Crippen LogP contribution >= 0.6 is 11.6 Å². The van der Waals surface area contributed by atoms with Crippen molar-refractivity contribution in [1.29, 1.82) is 0 Å². The Balaban J connectivity index is 2.65. The highest BCUT2D eigenvalue weighted by molar-refractivity contribution is 6.31. The lowest BCUT2D eigenvalue weighted by molar-refractivity contribution is 0.290. The second kappa shape index (κ2) is 5.21. The number of rotatable bonds is 4. The molecule has 2 N–H and O–H groups in total. The van der Waals surface area contributed by atoms with Gasteiger partial charge in [0.25, 0.3) is 0 Å². The van der Waals surface area contributed by atoms with E-state index in [1.54, 1.807) is 0 Å². The molecule has 15 heavy (non-hydrogen) atoms. The SMILES string of the molecule is CC(C)CCOc1cc(Cl)c(F)cc1N. The summed E-state index contributed by atoms with van der Waals surface area (Å²) in [6, 6.07) is 2.58. The molecule has 2 nitrogen and oxygen atoms in total. The number of anilines is 1. The number of nitrogens with two attached hydrogens (primary N) is 1. The van der Waals surface area contributed by atoms with Crippen LogP contribution in [0.3, 0.4) is 0 Å². The normalized spacial score (nSPS) is 10.7. The molecule has 1 aromatic rings. The maximum absolute atomic E-state index is 12.9. The maximum atomic E-state index is 12.9. The number of hydrogen-bond donors (Lipinski definition) is 1. The number of ether oxygens (including phenoxy) is 1. The van der Waals surface area contributed by atoms with Gasteiger partial charge in [0.2, 0.25) is 0 Å². The molecule has 0 saturated heterocycles. The van der Waals surface area contributed by atoms with Crippen LogP contribution in [0, 0.1) is 11.7 Å². The van der Waals surface area contributed by atoms with E-state index in [4.69, 9.17) is 22.1 Å². The lowest BCUT2D eigenvalue weighted by Gasteiger charge is -2.10. The van der Waals surface area contributed by atoms with Crippen LogP contribution in [0.5, 0.6) is 5.75 Å². The van der Waals surface area contributed by atoms with Gasteiger partial charge in [-0.05, 0) is 12.3 Å². The molecule has 0 aliphatic rings. The first kappa shape index (κ1) is 12.1. The fourth-order valence-corrected chi connectivity index (χ4v) is 1.23. The van der Waals surface area contributed by atoms with Crippen LogP contribution in [-0.2, 0) is 0 Å². The van der Waals surface area contributed by atoms with Gasteiger partial charge >= 0.3 is 0 Å². The topological polar surface area (TPSA) is 35.2 Å². The minimum atomic E-state index is -0.523. The summed E-state index contributed by atoms with van der Waals surface area (Å²) in [5, 5.41) is 0.0312. The molecule has 0 bridgehead atoms. The van der Waals surface area contributed by atoms with Crippen molar-refractivity contribution in [2.45, 2.75) is 20.3 Å². The van der Waals surface area contributed by atoms with E-state index in [1.165, 1.54) is 12.1 Å². The molecular formula is C11H15ClFNO. The summed E-state index contributed by atoms with van der Waals surface area (Å²) in [6.07, 6.45) is 0.925. The van der Waals surface area contributed by atoms with Crippen LogP contribution in [0.15, 0.2) is 12.1 Å². The zero-order chi connectivity index (χ0) is 11.4. The first-order valence-electron chi connectivity index (χ1n) is 4.88. The Hall–Kier alpha value is -0.960. The molecule has 4 heteroatoms. The summed E-state index contributed by atoms with van der Waals surface area (Å²) >= 11 is 5.62. The Morgan fingerprint density at radius 3 is 2.73 bits per heavy atom. The highest BCUT2D eigenvalue weighted by atomic mass is 35.5. The molecule has 0 spiro atoms. The number of benzene rings is 1. The molecule has 0 amide bonds. The lowest BCUT2D eigenvalue weighted by Crippen LogP contribution is -2.03. The molecular weight excluding hydrogens is 217 g/mol. The summed E-state index contributed by atoms with van der Waals surface area (Å²) in [5.41, 5.74) is 5.86. The Labute approximate surface area is 94.2 Å². The van der Waals surface area contributed by atoms with Gasteiger partial charge in [0, 0.05) is 12.1 Å². The standard InChI is InChI=1S/C11H15ClFNO/c1-7(2)3-4-15-11-5-8(12)9(13)6-10(11)14/h5-7H,3-4,14H2,1-2H3. The highest BCUT2D eigenvalue weighted by Crippen LogP contribution is 2.28. The molecule has 0 aliphatic carbocycles. The van der Waals surface area contributed by atoms with Gasteiger partial charge in [-0.15, -0.1) is 0 Å². The van der Waals surface area contributed by atoms with Crippen molar-refractivity contribution in [3.8, 4) is 5.75 Å². The first-order valence-corrected chi connectivity index (χ1v) is 5.26. The van der Waals surface area contributed by atoms with Crippen LogP contribution < -0.4 is 10.5 Å². The van der Waals surface area contributed by atoms with E-state index in [9.17, 15) is 4.39 Å². The third-order valence-electron chi connectivity index (χ3n) is 2.01. The molecule has 84 valence electrons. The number of hydrogen-bond acceptors (Lipinski definition) is 2. The molecule has 0 aromatic heterocycles. The Morgan fingerprint density at radius 1 is 1.47 bits per heavy atom. The fraction of sp³-hybridized carbons (Fsp3) is 0.455. The van der Waals surface area contributed by atoms with Crippen molar-refractivity contribution in [2.75, 3.05) is 12.3 Å². The Morgan fingerprint density at radius 2 is 2.13 bits per heavy atom. The van der Waals surface area contributed by atoms with E-state index >= 15 is 0 Å². The average molecular weight is 232 g/mol. The summed E-state index contributed by atoms with van der Waals surface area (Å²) in [6.45, 7) is 4.76. The largest absolute Gasteiger partial charge is 0.491 e. The fourth-order valence-electron chi connectivity index (χ4n) is 1.07. The van der Waals surface area contributed by atoms with Crippen LogP contribution in [0.4, 0.5) is 10.1 Å². The predicted octanol–water partition coefficient (Wildman–Crippen LogP) is 3.49. The molecule has 0 aliphatic heterocycles. The molecule has 0 saturated carbocycles. The number of halogens is 2. The van der Waals surface area contributed by atoms with Crippen molar-refractivity contribution in [2.24, 2.45) is 5.92 Å². The summed E-state index contributed by atoms with van der Waals surface area (Å²) < 4.78 is 18.3. The Kier molecular flexibility index (Phi) is 4.21. The van der Waals surface area contributed by atoms with Crippen LogP contribution in [-0.4, -0.2) is 6.61 Å². The average Bonchev–Trinajstić information content (AvgIpc) is 2.13. The summed E-state index contributed by atoms with van der Waals surface area (Å²) in [5.74, 6) is 0.481. The quantitative estimate of drug-likeness (QED) is 0.806. The molecule has 1 rings (SSSR count). The monoisotopic (exact) mass is 231 g/mol. The second-order valence-corrected chi connectivity index (χ2v) is 4.24. The van der Waals surface area contributed by atoms with Crippen LogP contribution in [0.2, 0.25) is 5.02 Å². The molecule has 0 radical (unpaired) electrons. The minimum Gasteiger partial charge on any atom is -0.491 e. The number of nitrogen functional groups attached to an aromatic ring is 1. The second-order valence-electron chi connectivity index (χ2n) is 3.84. The zero-order valence-electron chi connectivity index (χ0n) is 8.89. The van der Waals surface area contributed by atoms with Crippen molar-refractivity contribution < 1.29 is 9.13 Å². The van der Waals surface area contributed by atoms with Gasteiger partial charge in [-0.3, -0.25) is 0 Å². The van der Waals surface area contributed by atoms with Gasteiger partial charge < -0.3 is 10.5 Å². The van der Waals surface area contributed by atoms with Crippen molar-refractivity contribution in [3.05, 3.63) is 23.0 Å². The minimum absolute atomic E-state index is 0.0312. The third kappa shape index (κ3) is 3.59. The smallest absolute Gasteiger partial charge is 0.144 e. The molecule has 0 fully saturated rings. The van der Waals surface area contributed by atoms with Gasteiger partial charge in [0.05, 0.1) is 17.3 Å². The van der Waals surface area contributed by atoms with Crippen LogP contribution in [0.25, 0.3) is 0 Å². The zero-order valence-corrected chi connectivity index (χ0v) is 9.64. The van der Waals surface area contributed by atoms with Gasteiger partial charge in [0.15, 0.2) is 0 Å². The maximum Gasteiger partial charge on any atom is 0.144 e. The van der Waals surface area contributed by atoms with Gasteiger partial charge in [-0.2, -0.15) is 0 Å². The molecule has 0 atom stereocenters. The van der Waals surface area contributed by atoms with E-state index in [1.807, 2.05) is 0 Å². The Bertz CT molecular complexity index is 342. The summed E-state index contributed by atoms with van der Waals surface area (Å²) in [4.78, 5) is 0. The van der Waals surface area contributed by atoms with Crippen molar-refractivity contribution in [1.82, 2.24) is 0 Å². The van der Waals surface area contributed by atoms with Gasteiger partial charge in [-0.1, -0.05) is 25.4 Å². The van der Waals surface area contributed by atoms with Gasteiger partial charge in [0.1, 0.15) is 11.6 Å². The van der Waals surface area contributed by atoms with Crippen molar-refractivity contribution >= 4 is 17.3 Å². The van der Waals surface area contributed by atoms with Crippen molar-refractivity contribution in [3.63, 3.8) is 0 Å². The summed E-state index contributed by atoms with van der Waals surface area (Å²) in [7, 11) is 0. The third-order valence-corrected chi connectivity index (χ3v) is 2.30. The molecule has 1 aromatic carbocycles. The molecule has 0 unspecified atom stereocenters. The van der Waals surface area contributed by atoms with E-state index in [0.717, 1.165) is 6.42 Å². The lowest BCUT2D eigenvalue weighted by atomic mass is 10.1. The van der Waals surface area contributed by atoms with E-state index in [-0.39, 0.29) is 10.7 Å². The van der Waals surface area contributed by atoms with E-state index < -0.39 is 5.82 Å². The van der Waals surface area contributed by atoms with Crippen LogP contribution in [0.1, 0.15) is 20.3 Å². The van der Waals surface area contributed by atoms with E-state index in [0.29, 0.717) is 18.3 Å². The van der Waals surface area contributed by atoms with E-state index in [2.05, 4.69) is 13.8 Å². The molecule has 0 heterocycles. The highest BCUT2D eigenvalue weighted by Gasteiger charge is 2.07. The first-order chi connectivity index (χ1) is 7.00. The predicted molar refractivity (Wildman–Crippen MR) is 60.8 cm³/mol. The van der Waals surface area contributed by atoms with Gasteiger partial charge in [-0.25, -0.2) is 4.39 Å².